The van der Waals surface area contributed by atoms with Gasteiger partial charge in [0.15, 0.2) is 0 Å². The lowest BCUT2D eigenvalue weighted by molar-refractivity contribution is 0.311. The summed E-state index contributed by atoms with van der Waals surface area (Å²) < 4.78 is 16.3. The smallest absolute Gasteiger partial charge is 0.227 e. The largest absolute Gasteiger partial charge is 0.367 e. The van der Waals surface area contributed by atoms with E-state index in [2.05, 4.69) is 42.3 Å². The maximum atomic E-state index is 14.8. The van der Waals surface area contributed by atoms with Gasteiger partial charge < -0.3 is 15.1 Å². The molecule has 4 aromatic rings. The van der Waals surface area contributed by atoms with Crippen LogP contribution in [0, 0.1) is 5.82 Å². The van der Waals surface area contributed by atoms with Crippen LogP contribution in [0.3, 0.4) is 0 Å². The maximum absolute atomic E-state index is 14.8. The predicted octanol–water partition coefficient (Wildman–Crippen LogP) is 2.82. The van der Waals surface area contributed by atoms with Crippen molar-refractivity contribution < 1.29 is 4.39 Å². The predicted molar refractivity (Wildman–Crippen MR) is 113 cm³/mol. The van der Waals surface area contributed by atoms with Gasteiger partial charge in [-0.3, -0.25) is 0 Å². The van der Waals surface area contributed by atoms with E-state index in [1.165, 1.54) is 6.07 Å². The summed E-state index contributed by atoms with van der Waals surface area (Å²) in [4.78, 5) is 13.2. The number of aromatic nitrogens is 5. The molecule has 1 fully saturated rings. The summed E-state index contributed by atoms with van der Waals surface area (Å²) in [6.45, 7) is 3.50. The van der Waals surface area contributed by atoms with Gasteiger partial charge >= 0.3 is 0 Å². The molecule has 0 bridgehead atoms. The Morgan fingerprint density at radius 1 is 1.00 bits per heavy atom. The van der Waals surface area contributed by atoms with E-state index in [4.69, 9.17) is 0 Å². The van der Waals surface area contributed by atoms with Gasteiger partial charge in [0.25, 0.3) is 0 Å². The average molecular weight is 404 g/mol. The van der Waals surface area contributed by atoms with Crippen LogP contribution in [0.4, 0.5) is 21.7 Å². The van der Waals surface area contributed by atoms with E-state index in [0.717, 1.165) is 37.3 Å². The van der Waals surface area contributed by atoms with Gasteiger partial charge in [-0.2, -0.15) is 14.8 Å². The minimum absolute atomic E-state index is 0.255. The molecular weight excluding hydrogens is 383 g/mol. The molecule has 1 aliphatic rings. The van der Waals surface area contributed by atoms with Gasteiger partial charge in [0, 0.05) is 49.8 Å². The maximum Gasteiger partial charge on any atom is 0.227 e. The molecule has 1 saturated heterocycles. The minimum atomic E-state index is -0.255. The highest BCUT2D eigenvalue weighted by molar-refractivity contribution is 5.77. The van der Waals surface area contributed by atoms with E-state index in [0.29, 0.717) is 23.0 Å². The van der Waals surface area contributed by atoms with Crippen LogP contribution in [-0.2, 0) is 0 Å². The van der Waals surface area contributed by atoms with Gasteiger partial charge in [0.1, 0.15) is 5.82 Å². The summed E-state index contributed by atoms with van der Waals surface area (Å²) in [5.41, 5.74) is 3.64. The normalized spacial score (nSPS) is 14.9. The fourth-order valence-corrected chi connectivity index (χ4v) is 3.62. The second-order valence-corrected chi connectivity index (χ2v) is 7.30. The molecule has 0 radical (unpaired) electrons. The number of piperazine rings is 1. The molecule has 9 heteroatoms. The molecule has 5 rings (SSSR count). The van der Waals surface area contributed by atoms with Crippen LogP contribution in [-0.4, -0.2) is 62.9 Å². The lowest BCUT2D eigenvalue weighted by atomic mass is 10.2. The first-order valence-corrected chi connectivity index (χ1v) is 9.80. The van der Waals surface area contributed by atoms with E-state index < -0.39 is 0 Å². The zero-order chi connectivity index (χ0) is 20.5. The van der Waals surface area contributed by atoms with Crippen molar-refractivity contribution in [3.63, 3.8) is 0 Å². The molecule has 30 heavy (non-hydrogen) atoms. The van der Waals surface area contributed by atoms with Gasteiger partial charge in [-0.25, -0.2) is 14.4 Å². The van der Waals surface area contributed by atoms with Crippen LogP contribution in [0.5, 0.6) is 0 Å². The minimum Gasteiger partial charge on any atom is -0.367 e. The summed E-state index contributed by atoms with van der Waals surface area (Å²) in [5.74, 6) is 0.136. The first-order valence-electron chi connectivity index (χ1n) is 9.80. The first-order chi connectivity index (χ1) is 14.7. The second-order valence-electron chi connectivity index (χ2n) is 7.30. The highest BCUT2D eigenvalue weighted by Gasteiger charge is 2.17. The van der Waals surface area contributed by atoms with Crippen LogP contribution in [0.2, 0.25) is 0 Å². The summed E-state index contributed by atoms with van der Waals surface area (Å²) >= 11 is 0. The first kappa shape index (κ1) is 18.4. The van der Waals surface area contributed by atoms with Gasteiger partial charge in [0.2, 0.25) is 5.95 Å². The number of nitrogens with zero attached hydrogens (tertiary/aromatic N) is 7. The van der Waals surface area contributed by atoms with Crippen LogP contribution in [0.1, 0.15) is 0 Å². The van der Waals surface area contributed by atoms with Gasteiger partial charge in [0.05, 0.1) is 23.1 Å². The fraction of sp³-hybridized carbons (Fsp3) is 0.238. The Balaban J connectivity index is 1.37. The van der Waals surface area contributed by atoms with Gasteiger partial charge in [-0.05, 0) is 43.4 Å². The molecule has 0 unspecified atom stereocenters. The third kappa shape index (κ3) is 3.55. The van der Waals surface area contributed by atoms with Crippen molar-refractivity contribution in [3.05, 3.63) is 60.8 Å². The molecule has 0 amide bonds. The lowest BCUT2D eigenvalue weighted by Gasteiger charge is -2.34. The van der Waals surface area contributed by atoms with Crippen molar-refractivity contribution >= 4 is 22.8 Å². The Labute approximate surface area is 173 Å². The molecule has 0 aliphatic carbocycles. The standard InChI is InChI=1S/C21H21FN8/c1-28-9-11-29(12-10-28)20-5-4-15(13-17(20)22)26-21-23-8-6-18(27-21)16-14-25-30-19(16)3-2-7-24-30/h2-8,13-14H,9-12H2,1H3,(H,23,26,27). The van der Waals surface area contributed by atoms with Crippen LogP contribution >= 0.6 is 0 Å². The summed E-state index contributed by atoms with van der Waals surface area (Å²) in [5, 5.41) is 11.5. The number of halogens is 1. The number of anilines is 3. The van der Waals surface area contributed by atoms with Crippen molar-refractivity contribution in [2.75, 3.05) is 43.4 Å². The monoisotopic (exact) mass is 404 g/mol. The number of fused-ring (bicyclic) bond motifs is 1. The fourth-order valence-electron chi connectivity index (χ4n) is 3.62. The van der Waals surface area contributed by atoms with Crippen molar-refractivity contribution in [2.45, 2.75) is 0 Å². The number of rotatable bonds is 4. The van der Waals surface area contributed by atoms with Crippen LogP contribution in [0.15, 0.2) is 55.0 Å². The molecule has 4 heterocycles. The molecule has 1 N–H and O–H groups in total. The Bertz CT molecular complexity index is 1180. The Hall–Kier alpha value is -3.59. The third-order valence-electron chi connectivity index (χ3n) is 5.28. The Morgan fingerprint density at radius 3 is 2.70 bits per heavy atom. The summed E-state index contributed by atoms with van der Waals surface area (Å²) in [7, 11) is 2.08. The van der Waals surface area contributed by atoms with Crippen molar-refractivity contribution in [2.24, 2.45) is 0 Å². The van der Waals surface area contributed by atoms with Crippen molar-refractivity contribution in [1.82, 2.24) is 29.7 Å². The number of hydrogen-bond acceptors (Lipinski definition) is 7. The summed E-state index contributed by atoms with van der Waals surface area (Å²) in [6.07, 6.45) is 5.07. The topological polar surface area (TPSA) is 74.5 Å². The van der Waals surface area contributed by atoms with E-state index in [9.17, 15) is 4.39 Å². The van der Waals surface area contributed by atoms with E-state index in [1.54, 1.807) is 23.2 Å². The molecule has 0 atom stereocenters. The quantitative estimate of drug-likeness (QED) is 0.561. The number of hydrogen-bond donors (Lipinski definition) is 1. The molecule has 152 valence electrons. The van der Waals surface area contributed by atoms with Gasteiger partial charge in [-0.15, -0.1) is 0 Å². The molecule has 1 aliphatic heterocycles. The Kier molecular flexibility index (Phi) is 4.72. The summed E-state index contributed by atoms with van der Waals surface area (Å²) in [6, 6.07) is 10.7. The highest BCUT2D eigenvalue weighted by atomic mass is 19.1. The lowest BCUT2D eigenvalue weighted by Crippen LogP contribution is -2.44. The molecule has 8 nitrogen and oxygen atoms in total. The van der Waals surface area contributed by atoms with Crippen LogP contribution in [0.25, 0.3) is 16.8 Å². The molecule has 0 spiro atoms. The second kappa shape index (κ2) is 7.68. The SMILES string of the molecule is CN1CCN(c2ccc(Nc3nccc(-c4cnn5ncccc45)n3)cc2F)CC1. The zero-order valence-electron chi connectivity index (χ0n) is 16.5. The Morgan fingerprint density at radius 2 is 1.87 bits per heavy atom. The average Bonchev–Trinajstić information content (AvgIpc) is 3.19. The number of likely N-dealkylation sites (N-methyl/N-ethyl adjacent to an activating group) is 1. The highest BCUT2D eigenvalue weighted by Crippen LogP contribution is 2.26. The van der Waals surface area contributed by atoms with E-state index in [1.807, 2.05) is 30.3 Å². The molecular formula is C21H21FN8. The molecule has 1 aromatic carbocycles. The van der Waals surface area contributed by atoms with Crippen molar-refractivity contribution in [1.29, 1.82) is 0 Å². The number of nitrogens with one attached hydrogen (secondary N) is 1. The zero-order valence-corrected chi connectivity index (χ0v) is 16.5. The number of benzene rings is 1. The van der Waals surface area contributed by atoms with E-state index >= 15 is 0 Å². The van der Waals surface area contributed by atoms with Crippen molar-refractivity contribution in [3.8, 4) is 11.3 Å². The van der Waals surface area contributed by atoms with E-state index in [-0.39, 0.29) is 5.82 Å². The molecule has 3 aromatic heterocycles. The van der Waals surface area contributed by atoms with Crippen LogP contribution < -0.4 is 10.2 Å². The molecule has 0 saturated carbocycles. The third-order valence-corrected chi connectivity index (χ3v) is 5.28. The van der Waals surface area contributed by atoms with Gasteiger partial charge in [-0.1, -0.05) is 0 Å².